The Bertz CT molecular complexity index is 356. The van der Waals surface area contributed by atoms with Gasteiger partial charge >= 0.3 is 5.97 Å². The quantitative estimate of drug-likeness (QED) is 0.128. The number of ether oxygens (including phenoxy) is 1. The molecule has 0 unspecified atom stereocenters. The Morgan fingerprint density at radius 2 is 0.833 bits per heavy atom. The predicted molar refractivity (Wildman–Crippen MR) is 133 cm³/mol. The number of carbonyl (C=O) groups excluding carboxylic acids is 1. The first-order chi connectivity index (χ1) is 14.5. The fourth-order valence-electron chi connectivity index (χ4n) is 3.89. The average molecular weight is 425 g/mol. The van der Waals surface area contributed by atoms with Crippen molar-refractivity contribution in [2.24, 2.45) is 5.41 Å². The minimum atomic E-state index is -0.0210. The first-order valence-electron chi connectivity index (χ1n) is 13.6. The molecule has 2 heteroatoms. The molecule has 0 saturated heterocycles. The summed E-state index contributed by atoms with van der Waals surface area (Å²) in [5.41, 5.74) is 0.0723. The van der Waals surface area contributed by atoms with Crippen LogP contribution in [-0.4, -0.2) is 12.6 Å². The summed E-state index contributed by atoms with van der Waals surface area (Å²) in [7, 11) is 0. The van der Waals surface area contributed by atoms with E-state index in [4.69, 9.17) is 4.74 Å². The predicted octanol–water partition coefficient (Wildman–Crippen LogP) is 9.79. The summed E-state index contributed by atoms with van der Waals surface area (Å²) in [6.45, 7) is 9.11. The maximum absolute atomic E-state index is 11.7. The molecule has 0 aromatic rings. The Hall–Kier alpha value is -0.530. The minimum Gasteiger partial charge on any atom is -0.465 e. The highest BCUT2D eigenvalue weighted by molar-refractivity contribution is 5.69. The summed E-state index contributed by atoms with van der Waals surface area (Å²) in [5, 5.41) is 0. The highest BCUT2D eigenvalue weighted by atomic mass is 16.5. The smallest absolute Gasteiger partial charge is 0.305 e. The van der Waals surface area contributed by atoms with Crippen molar-refractivity contribution in [1.29, 1.82) is 0 Å². The van der Waals surface area contributed by atoms with Crippen molar-refractivity contribution in [3.05, 3.63) is 0 Å². The molecule has 0 fully saturated rings. The van der Waals surface area contributed by atoms with Gasteiger partial charge in [0.2, 0.25) is 0 Å². The normalized spacial score (nSPS) is 11.7. The molecule has 0 rings (SSSR count). The van der Waals surface area contributed by atoms with E-state index >= 15 is 0 Å². The van der Waals surface area contributed by atoms with Crippen molar-refractivity contribution in [2.45, 2.75) is 163 Å². The van der Waals surface area contributed by atoms with Crippen LogP contribution in [-0.2, 0) is 9.53 Å². The van der Waals surface area contributed by atoms with Crippen molar-refractivity contribution in [2.75, 3.05) is 6.61 Å². The molecule has 30 heavy (non-hydrogen) atoms. The molecule has 0 N–H and O–H groups in total. The van der Waals surface area contributed by atoms with Crippen molar-refractivity contribution in [1.82, 2.24) is 0 Å². The van der Waals surface area contributed by atoms with Crippen molar-refractivity contribution in [3.8, 4) is 0 Å². The zero-order valence-corrected chi connectivity index (χ0v) is 21.4. The van der Waals surface area contributed by atoms with Crippen LogP contribution < -0.4 is 0 Å². The van der Waals surface area contributed by atoms with Crippen LogP contribution in [0.1, 0.15) is 163 Å². The Labute approximate surface area is 190 Å². The van der Waals surface area contributed by atoms with E-state index in [2.05, 4.69) is 27.7 Å². The average Bonchev–Trinajstić information content (AvgIpc) is 2.70. The highest BCUT2D eigenvalue weighted by Gasteiger charge is 2.13. The molecule has 0 aromatic heterocycles. The van der Waals surface area contributed by atoms with E-state index in [1.54, 1.807) is 0 Å². The Kier molecular flexibility index (Phi) is 21.3. The van der Waals surface area contributed by atoms with Gasteiger partial charge in [0.15, 0.2) is 0 Å². The van der Waals surface area contributed by atoms with Crippen molar-refractivity contribution >= 4 is 5.97 Å². The molecule has 180 valence electrons. The molecular formula is C28H56O2. The number of esters is 1. The second kappa shape index (κ2) is 21.7. The summed E-state index contributed by atoms with van der Waals surface area (Å²) in [6.07, 6.45) is 28.3. The van der Waals surface area contributed by atoms with E-state index in [9.17, 15) is 4.79 Å². The van der Waals surface area contributed by atoms with Gasteiger partial charge in [0.05, 0.1) is 6.61 Å². The van der Waals surface area contributed by atoms with E-state index in [0.717, 1.165) is 6.42 Å². The lowest BCUT2D eigenvalue weighted by atomic mass is 9.99. The van der Waals surface area contributed by atoms with Crippen LogP contribution in [0, 0.1) is 5.41 Å². The zero-order valence-electron chi connectivity index (χ0n) is 21.4. The van der Waals surface area contributed by atoms with Gasteiger partial charge in [-0.1, -0.05) is 150 Å². The van der Waals surface area contributed by atoms with E-state index in [0.29, 0.717) is 13.0 Å². The highest BCUT2D eigenvalue weighted by Crippen LogP contribution is 2.16. The van der Waals surface area contributed by atoms with Gasteiger partial charge in [-0.05, 0) is 11.8 Å². The van der Waals surface area contributed by atoms with Gasteiger partial charge in [0, 0.05) is 6.42 Å². The second-order valence-corrected chi connectivity index (χ2v) is 10.7. The number of hydrogen-bond donors (Lipinski definition) is 0. The number of hydrogen-bond acceptors (Lipinski definition) is 2. The summed E-state index contributed by atoms with van der Waals surface area (Å²) >= 11 is 0. The first-order valence-corrected chi connectivity index (χ1v) is 13.6. The molecule has 0 aliphatic heterocycles. The fourth-order valence-corrected chi connectivity index (χ4v) is 3.89. The lowest BCUT2D eigenvalue weighted by Crippen LogP contribution is -2.18. The Balaban J connectivity index is 3.12. The lowest BCUT2D eigenvalue weighted by molar-refractivity contribution is -0.146. The van der Waals surface area contributed by atoms with Gasteiger partial charge in [-0.15, -0.1) is 0 Å². The van der Waals surface area contributed by atoms with Crippen LogP contribution >= 0.6 is 0 Å². The molecule has 0 aliphatic rings. The second-order valence-electron chi connectivity index (χ2n) is 10.7. The number of carbonyl (C=O) groups is 1. The third-order valence-corrected chi connectivity index (χ3v) is 5.90. The molecule has 0 aliphatic carbocycles. The van der Waals surface area contributed by atoms with Gasteiger partial charge < -0.3 is 4.74 Å². The third kappa shape index (κ3) is 25.5. The van der Waals surface area contributed by atoms with Gasteiger partial charge in [0.25, 0.3) is 0 Å². The van der Waals surface area contributed by atoms with Gasteiger partial charge in [0.1, 0.15) is 0 Å². The molecule has 2 nitrogen and oxygen atoms in total. The molecule has 0 amide bonds. The Morgan fingerprint density at radius 3 is 1.13 bits per heavy atom. The molecular weight excluding hydrogens is 368 g/mol. The molecule has 0 spiro atoms. The zero-order chi connectivity index (χ0) is 22.3. The van der Waals surface area contributed by atoms with Crippen molar-refractivity contribution in [3.63, 3.8) is 0 Å². The van der Waals surface area contributed by atoms with Gasteiger partial charge in [-0.25, -0.2) is 0 Å². The molecule has 0 aromatic carbocycles. The first kappa shape index (κ1) is 29.5. The molecule has 0 atom stereocenters. The molecule has 0 radical (unpaired) electrons. The van der Waals surface area contributed by atoms with Gasteiger partial charge in [-0.3, -0.25) is 4.79 Å². The van der Waals surface area contributed by atoms with Crippen LogP contribution in [0.25, 0.3) is 0 Å². The van der Waals surface area contributed by atoms with Crippen LogP contribution in [0.2, 0.25) is 0 Å². The van der Waals surface area contributed by atoms with Gasteiger partial charge in [-0.2, -0.15) is 0 Å². The fraction of sp³-hybridized carbons (Fsp3) is 0.964. The largest absolute Gasteiger partial charge is 0.465 e. The summed E-state index contributed by atoms with van der Waals surface area (Å²) in [6, 6.07) is 0. The summed E-state index contributed by atoms with van der Waals surface area (Å²) in [5.74, 6) is -0.0210. The maximum Gasteiger partial charge on any atom is 0.305 e. The van der Waals surface area contributed by atoms with Crippen molar-refractivity contribution < 1.29 is 9.53 Å². The third-order valence-electron chi connectivity index (χ3n) is 5.90. The summed E-state index contributed by atoms with van der Waals surface area (Å²) < 4.78 is 5.31. The lowest BCUT2D eigenvalue weighted by Gasteiger charge is -2.17. The Morgan fingerprint density at radius 1 is 0.533 bits per heavy atom. The molecule has 0 heterocycles. The van der Waals surface area contributed by atoms with Crippen LogP contribution in [0.3, 0.4) is 0 Å². The standard InChI is InChI=1S/C28H56O2/c1-5-6-7-8-9-10-11-12-13-14-15-16-17-18-19-20-21-22-23-24-25-27(29)30-26-28(2,3)4/h5-26H2,1-4H3. The van der Waals surface area contributed by atoms with E-state index in [-0.39, 0.29) is 11.4 Å². The molecule has 0 bridgehead atoms. The topological polar surface area (TPSA) is 26.3 Å². The van der Waals surface area contributed by atoms with E-state index < -0.39 is 0 Å². The summed E-state index contributed by atoms with van der Waals surface area (Å²) in [4.78, 5) is 11.7. The number of rotatable bonds is 22. The SMILES string of the molecule is CCCCCCCCCCCCCCCCCCCCCCC(=O)OCC(C)(C)C. The van der Waals surface area contributed by atoms with Crippen LogP contribution in [0.5, 0.6) is 0 Å². The van der Waals surface area contributed by atoms with E-state index in [1.165, 1.54) is 122 Å². The maximum atomic E-state index is 11.7. The minimum absolute atomic E-state index is 0.0210. The number of unbranched alkanes of at least 4 members (excludes halogenated alkanes) is 19. The van der Waals surface area contributed by atoms with Crippen LogP contribution in [0.4, 0.5) is 0 Å². The van der Waals surface area contributed by atoms with Crippen LogP contribution in [0.15, 0.2) is 0 Å². The van der Waals surface area contributed by atoms with E-state index in [1.807, 2.05) is 0 Å². The monoisotopic (exact) mass is 424 g/mol. The molecule has 0 saturated carbocycles.